The third-order valence-corrected chi connectivity index (χ3v) is 3.14. The molecule has 1 aliphatic carbocycles. The fraction of sp³-hybridized carbons (Fsp3) is 0.333. The van der Waals surface area contributed by atoms with E-state index in [1.165, 1.54) is 12.1 Å². The van der Waals surface area contributed by atoms with E-state index in [-0.39, 0.29) is 27.2 Å². The molecule has 0 saturated heterocycles. The summed E-state index contributed by atoms with van der Waals surface area (Å²) in [6.07, 6.45) is -4.76. The molecule has 1 aromatic heterocycles. The van der Waals surface area contributed by atoms with Gasteiger partial charge in [0.1, 0.15) is 11.6 Å². The van der Waals surface area contributed by atoms with E-state index in [9.17, 15) is 14.4 Å². The Morgan fingerprint density at radius 2 is 2.38 bits per heavy atom. The van der Waals surface area contributed by atoms with E-state index in [0.717, 1.165) is 0 Å². The molecule has 21 heavy (non-hydrogen) atoms. The number of carbonyl (C=O) groups excluding carboxylic acids is 2. The molecule has 0 amide bonds. The predicted molar refractivity (Wildman–Crippen MR) is 78.1 cm³/mol. The predicted octanol–water partition coefficient (Wildman–Crippen LogP) is 1.15. The molecule has 1 heterocycles. The highest BCUT2D eigenvalue weighted by Crippen LogP contribution is 2.24. The van der Waals surface area contributed by atoms with Crippen LogP contribution in [0.4, 0.5) is 5.69 Å². The highest BCUT2D eigenvalue weighted by Gasteiger charge is 2.30. The van der Waals surface area contributed by atoms with Crippen molar-refractivity contribution in [2.45, 2.75) is 32.1 Å². The lowest BCUT2D eigenvalue weighted by molar-refractivity contribution is -0.132. The lowest BCUT2D eigenvalue weighted by atomic mass is 9.92. The number of nitrogens with zero attached hydrogens (tertiary/aromatic N) is 2. The van der Waals surface area contributed by atoms with Gasteiger partial charge in [-0.2, -0.15) is 0 Å². The SMILES string of the molecule is [2H]c1ccc(N)c2c(=O)n(C3([2H])C(=O)CC(=O)C([2H])C3[2H])c(C([2H])([2H])[2H])nc12. The Hall–Kier alpha value is -2.50. The molecule has 6 nitrogen and oxygen atoms in total. The number of hydrogen-bond acceptors (Lipinski definition) is 5. The maximum Gasteiger partial charge on any atom is 0.264 e. The number of hydrogen-bond donors (Lipinski definition) is 1. The molecule has 3 unspecified atom stereocenters. The molecule has 1 saturated carbocycles. The number of Topliss-reactive ketones (excluding diaryl/α,β-unsaturated/α-hetero) is 2. The van der Waals surface area contributed by atoms with E-state index in [0.29, 0.717) is 0 Å². The van der Waals surface area contributed by atoms with Crippen LogP contribution in [-0.2, 0) is 9.59 Å². The smallest absolute Gasteiger partial charge is 0.264 e. The molecule has 0 spiro atoms. The number of aryl methyl sites for hydroxylation is 1. The number of nitrogens with two attached hydrogens (primary N) is 1. The minimum atomic E-state index is -3.09. The second kappa shape index (κ2) is 4.80. The van der Waals surface area contributed by atoms with E-state index in [1.807, 2.05) is 0 Å². The molecule has 3 rings (SSSR count). The van der Waals surface area contributed by atoms with E-state index in [2.05, 4.69) is 4.98 Å². The van der Waals surface area contributed by atoms with Gasteiger partial charge in [0.15, 0.2) is 5.78 Å². The van der Waals surface area contributed by atoms with Crippen molar-refractivity contribution < 1.29 is 19.2 Å². The molecule has 0 aliphatic heterocycles. The molecular formula is C15H15N3O3. The topological polar surface area (TPSA) is 95.0 Å². The van der Waals surface area contributed by atoms with Crippen LogP contribution < -0.4 is 11.3 Å². The van der Waals surface area contributed by atoms with Crippen molar-refractivity contribution >= 4 is 28.2 Å². The fourth-order valence-corrected chi connectivity index (χ4v) is 2.17. The van der Waals surface area contributed by atoms with E-state index < -0.39 is 55.0 Å². The minimum Gasteiger partial charge on any atom is -0.398 e. The molecule has 0 bridgehead atoms. The zero-order valence-corrected chi connectivity index (χ0v) is 10.7. The number of nitrogen functional groups attached to an aromatic ring is 1. The van der Waals surface area contributed by atoms with Crippen LogP contribution in [0.5, 0.6) is 0 Å². The summed E-state index contributed by atoms with van der Waals surface area (Å²) in [4.78, 5) is 41.3. The summed E-state index contributed by atoms with van der Waals surface area (Å²) in [6, 6.07) is -0.705. The summed E-state index contributed by atoms with van der Waals surface area (Å²) in [5, 5.41) is -0.370. The van der Waals surface area contributed by atoms with Gasteiger partial charge in [-0.15, -0.1) is 0 Å². The van der Waals surface area contributed by atoms with Gasteiger partial charge in [0.25, 0.3) is 5.56 Å². The first-order valence-corrected chi connectivity index (χ1v) is 6.05. The van der Waals surface area contributed by atoms with Gasteiger partial charge >= 0.3 is 0 Å². The molecule has 0 radical (unpaired) electrons. The van der Waals surface area contributed by atoms with Gasteiger partial charge in [-0.05, 0) is 25.4 Å². The van der Waals surface area contributed by atoms with Crippen LogP contribution in [0.25, 0.3) is 10.9 Å². The summed E-state index contributed by atoms with van der Waals surface area (Å²) in [5.41, 5.74) is 4.12. The summed E-state index contributed by atoms with van der Waals surface area (Å²) in [7, 11) is 0. The zero-order chi connectivity index (χ0) is 21.2. The second-order valence-corrected chi connectivity index (χ2v) is 4.52. The monoisotopic (exact) mass is 292 g/mol. The molecule has 108 valence electrons. The Balaban J connectivity index is 2.51. The summed E-state index contributed by atoms with van der Waals surface area (Å²) >= 11 is 0. The van der Waals surface area contributed by atoms with E-state index in [4.69, 9.17) is 15.3 Å². The van der Waals surface area contributed by atoms with Gasteiger partial charge in [-0.25, -0.2) is 4.98 Å². The normalized spacial score (nSPS) is 35.1. The lowest BCUT2D eigenvalue weighted by Gasteiger charge is -2.24. The minimum absolute atomic E-state index is 0.152. The summed E-state index contributed by atoms with van der Waals surface area (Å²) in [6.45, 7) is -3.09. The molecule has 2 N–H and O–H groups in total. The Morgan fingerprint density at radius 3 is 3.14 bits per heavy atom. The highest BCUT2D eigenvalue weighted by atomic mass is 16.2. The molecule has 1 fully saturated rings. The molecule has 1 aromatic carbocycles. The molecule has 1 aliphatic rings. The summed E-state index contributed by atoms with van der Waals surface area (Å²) in [5.74, 6) is -3.06. The molecule has 3 atom stereocenters. The van der Waals surface area contributed by atoms with Crippen LogP contribution >= 0.6 is 0 Å². The number of fused-ring (bicyclic) bond motifs is 1. The number of anilines is 1. The van der Waals surface area contributed by atoms with E-state index >= 15 is 0 Å². The maximum absolute atomic E-state index is 13.2. The average molecular weight is 292 g/mol. The number of ketones is 2. The van der Waals surface area contributed by atoms with Gasteiger partial charge in [-0.1, -0.05) is 6.07 Å². The Kier molecular flexibility index (Phi) is 1.71. The molecule has 6 heteroatoms. The fourth-order valence-electron chi connectivity index (χ4n) is 2.17. The number of aromatic nitrogens is 2. The van der Waals surface area contributed by atoms with Crippen molar-refractivity contribution in [2.75, 3.05) is 5.73 Å². The first-order chi connectivity index (χ1) is 12.8. The summed E-state index contributed by atoms with van der Waals surface area (Å²) < 4.78 is 55.6. The van der Waals surface area contributed by atoms with Crippen molar-refractivity contribution in [2.24, 2.45) is 0 Å². The van der Waals surface area contributed by atoms with Crippen LogP contribution in [0.15, 0.2) is 23.0 Å². The largest absolute Gasteiger partial charge is 0.398 e. The first kappa shape index (κ1) is 7.49. The van der Waals surface area contributed by atoms with Crippen molar-refractivity contribution in [3.05, 3.63) is 34.4 Å². The van der Waals surface area contributed by atoms with Crippen molar-refractivity contribution in [1.82, 2.24) is 9.55 Å². The van der Waals surface area contributed by atoms with Crippen LogP contribution in [0.3, 0.4) is 0 Å². The average Bonchev–Trinajstić information content (AvgIpc) is 2.60. The van der Waals surface area contributed by atoms with Crippen LogP contribution in [-0.4, -0.2) is 21.1 Å². The lowest BCUT2D eigenvalue weighted by Crippen LogP contribution is -2.36. The molecular weight excluding hydrogens is 270 g/mol. The van der Waals surface area contributed by atoms with Gasteiger partial charge < -0.3 is 5.73 Å². The first-order valence-electron chi connectivity index (χ1n) is 9.70. The highest BCUT2D eigenvalue weighted by molar-refractivity contribution is 6.03. The number of carbonyl (C=O) groups is 2. The standard InChI is InChI=1S/C15H15N3O3/c1-8-17-11-4-2-3-10(16)14(11)15(21)18(8)12-6-5-9(19)7-13(12)20/h2-4,12H,5-7,16H2,1H3/i1D3,4D,5D,6D,12D. The second-order valence-electron chi connectivity index (χ2n) is 4.52. The maximum atomic E-state index is 13.2. The van der Waals surface area contributed by atoms with Gasteiger partial charge in [0.2, 0.25) is 0 Å². The number of rotatable bonds is 1. The quantitative estimate of drug-likeness (QED) is 0.628. The number of benzene rings is 1. The molecule has 2 aromatic rings. The van der Waals surface area contributed by atoms with Gasteiger partial charge in [-0.3, -0.25) is 19.0 Å². The Morgan fingerprint density at radius 1 is 1.57 bits per heavy atom. The van der Waals surface area contributed by atoms with Gasteiger partial charge in [0, 0.05) is 18.9 Å². The van der Waals surface area contributed by atoms with Crippen LogP contribution in [0, 0.1) is 6.85 Å². The van der Waals surface area contributed by atoms with Crippen molar-refractivity contribution in [1.29, 1.82) is 0 Å². The van der Waals surface area contributed by atoms with Crippen LogP contribution in [0.1, 0.15) is 40.7 Å². The third kappa shape index (κ3) is 2.12. The Bertz CT molecular complexity index is 1080. The van der Waals surface area contributed by atoms with Crippen molar-refractivity contribution in [3.63, 3.8) is 0 Å². The van der Waals surface area contributed by atoms with Gasteiger partial charge in [0.05, 0.1) is 26.1 Å². The zero-order valence-electron chi connectivity index (χ0n) is 17.7. The van der Waals surface area contributed by atoms with Crippen LogP contribution in [0.2, 0.25) is 0 Å². The van der Waals surface area contributed by atoms with E-state index in [1.54, 1.807) is 0 Å². The third-order valence-electron chi connectivity index (χ3n) is 3.14. The Labute approximate surface area is 130 Å². The van der Waals surface area contributed by atoms with Crippen molar-refractivity contribution in [3.8, 4) is 0 Å².